The Hall–Kier alpha value is -4.29. The number of nitriles is 2. The van der Waals surface area contributed by atoms with Crippen LogP contribution in [-0.4, -0.2) is 77.2 Å². The van der Waals surface area contributed by atoms with Crippen LogP contribution in [0.1, 0.15) is 159 Å². The lowest BCUT2D eigenvalue weighted by Gasteiger charge is -2.29. The number of nitrogens with zero attached hydrogens (tertiary/aromatic N) is 8. The molecule has 6 rings (SSSR count). The number of phosphoric ester groups is 1. The zero-order valence-corrected chi connectivity index (χ0v) is 38.6. The minimum atomic E-state index is -4.78. The summed E-state index contributed by atoms with van der Waals surface area (Å²) in [6.45, 7) is 4.91. The summed E-state index contributed by atoms with van der Waals surface area (Å²) in [6.07, 6.45) is 22.9. The van der Waals surface area contributed by atoms with Crippen LogP contribution in [-0.2, 0) is 39.2 Å². The minimum absolute atomic E-state index is 0.129. The van der Waals surface area contributed by atoms with E-state index in [4.69, 9.17) is 33.7 Å². The lowest BCUT2D eigenvalue weighted by molar-refractivity contribution is -0.204. The number of ether oxygens (including phenoxy) is 4. The fourth-order valence-corrected chi connectivity index (χ4v) is 9.38. The van der Waals surface area contributed by atoms with Gasteiger partial charge in [0.2, 0.25) is 5.60 Å². The molecule has 0 saturated carbocycles. The Morgan fingerprint density at radius 2 is 1.55 bits per heavy atom. The van der Waals surface area contributed by atoms with Gasteiger partial charge >= 0.3 is 7.82 Å². The van der Waals surface area contributed by atoms with Gasteiger partial charge in [-0.2, -0.15) is 20.7 Å². The predicted octanol–water partition coefficient (Wildman–Crippen LogP) is 9.38. The first-order chi connectivity index (χ1) is 31.0. The van der Waals surface area contributed by atoms with Crippen molar-refractivity contribution in [3.63, 3.8) is 0 Å². The molecule has 6 atom stereocenters. The smallest absolute Gasteiger partial charge is 0.382 e. The fourth-order valence-electron chi connectivity index (χ4n) is 8.60. The van der Waals surface area contributed by atoms with Crippen molar-refractivity contribution in [3.8, 4) is 17.8 Å². The van der Waals surface area contributed by atoms with Gasteiger partial charge in [-0.05, 0) is 50.1 Å². The van der Waals surface area contributed by atoms with Gasteiger partial charge in [0.05, 0.1) is 36.3 Å². The summed E-state index contributed by atoms with van der Waals surface area (Å²) in [7, 11) is -4.78. The molecule has 1 unspecified atom stereocenters. The Bertz CT molecular complexity index is 2190. The maximum atomic E-state index is 13.6. The molecule has 0 radical (unpaired) electrons. The first-order valence-corrected chi connectivity index (χ1v) is 24.6. The van der Waals surface area contributed by atoms with E-state index in [-0.39, 0.29) is 19.0 Å². The monoisotopic (exact) mass is 903 g/mol. The molecule has 348 valence electrons. The normalized spacial score (nSPS) is 21.7. The van der Waals surface area contributed by atoms with E-state index in [2.05, 4.69) is 39.2 Å². The van der Waals surface area contributed by atoms with Crippen LogP contribution >= 0.6 is 7.82 Å². The average Bonchev–Trinajstić information content (AvgIpc) is 4.09. The fraction of sp³-hybridized carbons (Fsp3) is 0.652. The van der Waals surface area contributed by atoms with E-state index in [1.807, 2.05) is 6.07 Å². The molecule has 5 heterocycles. The summed E-state index contributed by atoms with van der Waals surface area (Å²) in [5.74, 6) is -0.838. The Balaban J connectivity index is 1.01. The number of hydrogen-bond acceptors (Lipinski definition) is 14. The van der Waals surface area contributed by atoms with Crippen molar-refractivity contribution < 1.29 is 37.5 Å². The third-order valence-electron chi connectivity index (χ3n) is 12.0. The van der Waals surface area contributed by atoms with Gasteiger partial charge in [-0.15, -0.1) is 0 Å². The molecule has 0 spiro atoms. The van der Waals surface area contributed by atoms with Gasteiger partial charge in [0, 0.05) is 0 Å². The van der Waals surface area contributed by atoms with Crippen molar-refractivity contribution >= 4 is 19.2 Å². The number of benzene rings is 1. The number of hydrogen-bond donors (Lipinski definition) is 2. The molecule has 0 bridgehead atoms. The lowest BCUT2D eigenvalue weighted by Crippen LogP contribution is -2.45. The number of aromatic nitrogens is 6. The number of unbranched alkanes of at least 4 members (excludes halogenated alkanes) is 16. The third kappa shape index (κ3) is 13.4. The summed E-state index contributed by atoms with van der Waals surface area (Å²) in [6, 6.07) is 13.2. The van der Waals surface area contributed by atoms with Crippen LogP contribution in [0.4, 0.5) is 5.82 Å². The highest BCUT2D eigenvalue weighted by molar-refractivity contribution is 7.47. The average molecular weight is 904 g/mol. The Morgan fingerprint density at radius 1 is 0.875 bits per heavy atom. The van der Waals surface area contributed by atoms with E-state index < -0.39 is 50.2 Å². The zero-order valence-electron chi connectivity index (χ0n) is 37.7. The molecule has 64 heavy (non-hydrogen) atoms. The second kappa shape index (κ2) is 23.8. The van der Waals surface area contributed by atoms with Crippen LogP contribution in [0.3, 0.4) is 0 Å². The van der Waals surface area contributed by atoms with Crippen molar-refractivity contribution in [2.24, 2.45) is 0 Å². The van der Waals surface area contributed by atoms with Crippen LogP contribution in [0.25, 0.3) is 11.2 Å². The topological polar surface area (TPSA) is 227 Å². The van der Waals surface area contributed by atoms with Crippen LogP contribution in [0.15, 0.2) is 49.3 Å². The maximum absolute atomic E-state index is 13.6. The molecular weight excluding hydrogens is 838 g/mol. The van der Waals surface area contributed by atoms with Crippen molar-refractivity contribution in [1.82, 2.24) is 29.4 Å². The number of fused-ring (bicyclic) bond motifs is 2. The van der Waals surface area contributed by atoms with Crippen molar-refractivity contribution in [2.45, 2.75) is 179 Å². The van der Waals surface area contributed by atoms with Gasteiger partial charge in [0.25, 0.3) is 0 Å². The Labute approximate surface area is 377 Å². The number of nitrogen functional groups attached to an aromatic ring is 1. The Kier molecular flexibility index (Phi) is 18.2. The summed E-state index contributed by atoms with van der Waals surface area (Å²) in [5, 5.41) is 28.9. The van der Waals surface area contributed by atoms with E-state index in [0.717, 1.165) is 31.2 Å². The van der Waals surface area contributed by atoms with Crippen molar-refractivity contribution in [2.75, 3.05) is 18.9 Å². The third-order valence-corrected chi connectivity index (χ3v) is 13.0. The summed E-state index contributed by atoms with van der Waals surface area (Å²) >= 11 is 0. The van der Waals surface area contributed by atoms with Gasteiger partial charge < -0.3 is 29.6 Å². The summed E-state index contributed by atoms with van der Waals surface area (Å²) in [4.78, 5) is 19.0. The molecule has 3 aromatic heterocycles. The minimum Gasteiger partial charge on any atom is -0.382 e. The van der Waals surface area contributed by atoms with Gasteiger partial charge in [-0.1, -0.05) is 122 Å². The van der Waals surface area contributed by atoms with Gasteiger partial charge in [-0.25, -0.2) is 23.7 Å². The highest BCUT2D eigenvalue weighted by atomic mass is 31.2. The van der Waals surface area contributed by atoms with Crippen LogP contribution in [0, 0.1) is 22.7 Å². The molecule has 4 aromatic rings. The van der Waals surface area contributed by atoms with E-state index in [1.165, 1.54) is 107 Å². The first kappa shape index (κ1) is 49.2. The van der Waals surface area contributed by atoms with Crippen LogP contribution < -0.4 is 5.73 Å². The second-order valence-corrected chi connectivity index (χ2v) is 18.9. The molecular formula is C46H66N9O8P. The van der Waals surface area contributed by atoms with E-state index in [0.29, 0.717) is 28.9 Å². The zero-order chi connectivity index (χ0) is 45.4. The van der Waals surface area contributed by atoms with Crippen molar-refractivity contribution in [1.29, 1.82) is 10.5 Å². The van der Waals surface area contributed by atoms with E-state index in [1.54, 1.807) is 42.6 Å². The number of nitrogens with two attached hydrogens (primary N) is 1. The maximum Gasteiger partial charge on any atom is 0.472 e. The number of phosphoric acid groups is 1. The highest BCUT2D eigenvalue weighted by Gasteiger charge is 2.65. The molecule has 18 heteroatoms. The lowest BCUT2D eigenvalue weighted by atomic mass is 9.96. The van der Waals surface area contributed by atoms with Crippen molar-refractivity contribution in [3.05, 3.63) is 66.1 Å². The largest absolute Gasteiger partial charge is 0.472 e. The molecule has 2 saturated heterocycles. The van der Waals surface area contributed by atoms with Gasteiger partial charge in [0.15, 0.2) is 11.6 Å². The van der Waals surface area contributed by atoms with Gasteiger partial charge in [-0.3, -0.25) is 9.05 Å². The highest BCUT2D eigenvalue weighted by Crippen LogP contribution is 2.52. The molecule has 2 aliphatic heterocycles. The standard InChI is InChI=1S/C46H66N9O8P/c1-4-5-6-7-8-9-10-11-12-13-14-15-16-17-18-19-20-21-37(58-28-35-22-23-38(36(26-35)27-47)54-34-50-32-52-54)29-59-64(56,57)60-31-46(30-48)43-42(61-45(2,3)63-43)41(62-46)39-24-25-40-44(49)51-33-53-55(39)40/h22-26,32-34,37,41-43H,4-21,28-29,31H2,1-3H3,(H,56,57)(H2,49,51,53)/t37-,41+,42+,43+,46-/m1/s1. The molecule has 1 aromatic carbocycles. The van der Waals surface area contributed by atoms with Crippen LogP contribution in [0.2, 0.25) is 0 Å². The number of anilines is 1. The first-order valence-electron chi connectivity index (χ1n) is 23.1. The molecule has 2 aliphatic rings. The predicted molar refractivity (Wildman–Crippen MR) is 239 cm³/mol. The van der Waals surface area contributed by atoms with E-state index >= 15 is 0 Å². The molecule has 3 N–H and O–H groups in total. The summed E-state index contributed by atoms with van der Waals surface area (Å²) < 4.78 is 52.8. The molecule has 0 amide bonds. The quantitative estimate of drug-likeness (QED) is 0.0382. The second-order valence-electron chi connectivity index (χ2n) is 17.5. The molecule has 2 fully saturated rings. The van der Waals surface area contributed by atoms with Gasteiger partial charge in [0.1, 0.15) is 61.6 Å². The number of rotatable bonds is 29. The van der Waals surface area contributed by atoms with E-state index in [9.17, 15) is 20.0 Å². The molecule has 0 aliphatic carbocycles. The summed E-state index contributed by atoms with van der Waals surface area (Å²) in [5.41, 5.74) is 7.01. The SMILES string of the molecule is CCCCCCCCCCCCCCCCCCC[C@H](COP(=O)(O)OC[C@@]1(C#N)O[C@@H](c2ccc3c(N)ncnn23)[C@@H]2OC(C)(C)O[C@@H]21)OCc1ccc(-n2cncn2)c(C#N)c1. The Morgan fingerprint density at radius 3 is 2.17 bits per heavy atom. The molecule has 17 nitrogen and oxygen atoms in total. The van der Waals surface area contributed by atoms with Crippen LogP contribution in [0.5, 0.6) is 0 Å².